The summed E-state index contributed by atoms with van der Waals surface area (Å²) in [5.41, 5.74) is 6.90. The van der Waals surface area contributed by atoms with Crippen molar-refractivity contribution in [1.82, 2.24) is 0 Å². The van der Waals surface area contributed by atoms with E-state index in [1.54, 1.807) is 0 Å². The maximum atomic E-state index is 12.3. The van der Waals surface area contributed by atoms with Gasteiger partial charge in [0.25, 0.3) is 0 Å². The zero-order valence-electron chi connectivity index (χ0n) is 10.5. The van der Waals surface area contributed by atoms with Crippen molar-refractivity contribution in [3.8, 4) is 0 Å². The average molecular weight is 245 g/mol. The van der Waals surface area contributed by atoms with E-state index in [0.29, 0.717) is 6.61 Å². The van der Waals surface area contributed by atoms with Gasteiger partial charge >= 0.3 is 5.97 Å². The summed E-state index contributed by atoms with van der Waals surface area (Å²) in [6, 6.07) is 9.82. The second-order valence-electron chi connectivity index (χ2n) is 5.88. The molecule has 0 saturated heterocycles. The lowest BCUT2D eigenvalue weighted by molar-refractivity contribution is -0.156. The maximum absolute atomic E-state index is 12.3. The van der Waals surface area contributed by atoms with Gasteiger partial charge in [0.1, 0.15) is 6.61 Å². The normalized spacial score (nSPS) is 33.6. The molecule has 2 saturated carbocycles. The largest absolute Gasteiger partial charge is 0.460 e. The van der Waals surface area contributed by atoms with Gasteiger partial charge in [0, 0.05) is 5.54 Å². The number of hydrogen-bond acceptors (Lipinski definition) is 3. The van der Waals surface area contributed by atoms with Gasteiger partial charge in [-0.2, -0.15) is 0 Å². The summed E-state index contributed by atoms with van der Waals surface area (Å²) in [6.07, 6.45) is 4.54. The first kappa shape index (κ1) is 11.7. The minimum atomic E-state index is -0.274. The van der Waals surface area contributed by atoms with Crippen molar-refractivity contribution >= 4 is 5.97 Å². The summed E-state index contributed by atoms with van der Waals surface area (Å²) >= 11 is 0. The van der Waals surface area contributed by atoms with Gasteiger partial charge in [0.2, 0.25) is 0 Å². The fourth-order valence-corrected chi connectivity index (χ4v) is 3.41. The van der Waals surface area contributed by atoms with Gasteiger partial charge in [0.15, 0.2) is 0 Å². The lowest BCUT2D eigenvalue weighted by Gasteiger charge is -2.24. The summed E-state index contributed by atoms with van der Waals surface area (Å²) in [5.74, 6) is -0.0452. The van der Waals surface area contributed by atoms with E-state index in [2.05, 4.69) is 0 Å². The van der Waals surface area contributed by atoms with E-state index in [4.69, 9.17) is 10.5 Å². The molecule has 2 N–H and O–H groups in total. The molecule has 1 aromatic carbocycles. The maximum Gasteiger partial charge on any atom is 0.312 e. The SMILES string of the molecule is NC12CCC(C(=O)OCc3ccccc3)(CC1)C2. The van der Waals surface area contributed by atoms with E-state index in [1.807, 2.05) is 30.3 Å². The first-order valence-corrected chi connectivity index (χ1v) is 6.62. The van der Waals surface area contributed by atoms with Gasteiger partial charge in [0.05, 0.1) is 5.41 Å². The zero-order chi connectivity index (χ0) is 12.6. The highest BCUT2D eigenvalue weighted by molar-refractivity contribution is 5.78. The highest BCUT2D eigenvalue weighted by Gasteiger charge is 2.57. The fourth-order valence-electron chi connectivity index (χ4n) is 3.41. The molecular formula is C15H19NO2. The monoisotopic (exact) mass is 245 g/mol. The van der Waals surface area contributed by atoms with Crippen LogP contribution in [0.15, 0.2) is 30.3 Å². The van der Waals surface area contributed by atoms with Crippen molar-refractivity contribution in [2.24, 2.45) is 11.1 Å². The van der Waals surface area contributed by atoms with E-state index in [0.717, 1.165) is 37.7 Å². The van der Waals surface area contributed by atoms with Gasteiger partial charge < -0.3 is 10.5 Å². The molecule has 0 amide bonds. The molecule has 2 fully saturated rings. The quantitative estimate of drug-likeness (QED) is 0.832. The number of carbonyl (C=O) groups excluding carboxylic acids is 1. The third kappa shape index (κ3) is 1.93. The first-order valence-electron chi connectivity index (χ1n) is 6.62. The van der Waals surface area contributed by atoms with Crippen LogP contribution >= 0.6 is 0 Å². The third-order valence-corrected chi connectivity index (χ3v) is 4.54. The average Bonchev–Trinajstić information content (AvgIpc) is 2.92. The van der Waals surface area contributed by atoms with Gasteiger partial charge in [-0.3, -0.25) is 4.79 Å². The van der Waals surface area contributed by atoms with Crippen molar-refractivity contribution in [2.75, 3.05) is 0 Å². The standard InChI is InChI=1S/C15H19NO2/c16-15-8-6-14(11-15,7-9-15)13(17)18-10-12-4-2-1-3-5-12/h1-5H,6-11,16H2. The Morgan fingerprint density at radius 2 is 1.83 bits per heavy atom. The molecule has 18 heavy (non-hydrogen) atoms. The van der Waals surface area contributed by atoms with Crippen molar-refractivity contribution in [3.63, 3.8) is 0 Å². The van der Waals surface area contributed by atoms with Crippen LogP contribution in [0.3, 0.4) is 0 Å². The number of hydrogen-bond donors (Lipinski definition) is 1. The molecule has 2 bridgehead atoms. The Hall–Kier alpha value is -1.35. The lowest BCUT2D eigenvalue weighted by atomic mass is 9.84. The van der Waals surface area contributed by atoms with Crippen LogP contribution in [0.4, 0.5) is 0 Å². The van der Waals surface area contributed by atoms with E-state index in [1.165, 1.54) is 0 Å². The summed E-state index contributed by atoms with van der Waals surface area (Å²) in [4.78, 5) is 12.3. The Balaban J connectivity index is 1.63. The van der Waals surface area contributed by atoms with Crippen LogP contribution < -0.4 is 5.73 Å². The van der Waals surface area contributed by atoms with E-state index < -0.39 is 0 Å². The summed E-state index contributed by atoms with van der Waals surface area (Å²) in [6.45, 7) is 0.374. The Bertz CT molecular complexity index is 447. The highest BCUT2D eigenvalue weighted by atomic mass is 16.5. The molecule has 96 valence electrons. The molecule has 3 heteroatoms. The van der Waals surface area contributed by atoms with Gasteiger partial charge in [-0.25, -0.2) is 0 Å². The molecular weight excluding hydrogens is 226 g/mol. The Kier molecular flexibility index (Phi) is 2.67. The number of nitrogens with two attached hydrogens (primary N) is 1. The first-order chi connectivity index (χ1) is 8.62. The van der Waals surface area contributed by atoms with Crippen LogP contribution in [-0.4, -0.2) is 11.5 Å². The van der Waals surface area contributed by atoms with Gasteiger partial charge in [-0.1, -0.05) is 30.3 Å². The smallest absolute Gasteiger partial charge is 0.312 e. The lowest BCUT2D eigenvalue weighted by Crippen LogP contribution is -2.33. The Morgan fingerprint density at radius 3 is 2.39 bits per heavy atom. The molecule has 0 atom stereocenters. The third-order valence-electron chi connectivity index (χ3n) is 4.54. The number of fused-ring (bicyclic) bond motifs is 2. The molecule has 0 heterocycles. The summed E-state index contributed by atoms with van der Waals surface area (Å²) in [7, 11) is 0. The zero-order valence-corrected chi connectivity index (χ0v) is 10.5. The van der Waals surface area contributed by atoms with Crippen LogP contribution in [0.5, 0.6) is 0 Å². The molecule has 0 aliphatic heterocycles. The minimum absolute atomic E-state index is 0.0452. The molecule has 3 rings (SSSR count). The number of esters is 1. The second-order valence-corrected chi connectivity index (χ2v) is 5.88. The number of ether oxygens (including phenoxy) is 1. The van der Waals surface area contributed by atoms with Crippen LogP contribution in [0.25, 0.3) is 0 Å². The van der Waals surface area contributed by atoms with Crippen LogP contribution in [0.2, 0.25) is 0 Å². The molecule has 2 aliphatic carbocycles. The molecule has 0 spiro atoms. The molecule has 0 aromatic heterocycles. The summed E-state index contributed by atoms with van der Waals surface area (Å²) < 4.78 is 5.48. The van der Waals surface area contributed by atoms with E-state index in [9.17, 15) is 4.79 Å². The Morgan fingerprint density at radius 1 is 1.17 bits per heavy atom. The second kappa shape index (κ2) is 4.09. The molecule has 0 unspecified atom stereocenters. The molecule has 3 nitrogen and oxygen atoms in total. The fraction of sp³-hybridized carbons (Fsp3) is 0.533. The van der Waals surface area contributed by atoms with Crippen LogP contribution in [0, 0.1) is 5.41 Å². The highest BCUT2D eigenvalue weighted by Crippen LogP contribution is 2.55. The van der Waals surface area contributed by atoms with Crippen molar-refractivity contribution in [1.29, 1.82) is 0 Å². The number of rotatable bonds is 3. The van der Waals surface area contributed by atoms with Crippen LogP contribution in [0.1, 0.15) is 37.7 Å². The topological polar surface area (TPSA) is 52.3 Å². The predicted octanol–water partition coefficient (Wildman–Crippen LogP) is 2.39. The number of benzene rings is 1. The molecule has 2 aliphatic rings. The van der Waals surface area contributed by atoms with E-state index in [-0.39, 0.29) is 16.9 Å². The number of carbonyl (C=O) groups is 1. The van der Waals surface area contributed by atoms with Gasteiger partial charge in [-0.15, -0.1) is 0 Å². The summed E-state index contributed by atoms with van der Waals surface area (Å²) in [5, 5.41) is 0. The molecule has 0 radical (unpaired) electrons. The Labute approximate surface area is 107 Å². The van der Waals surface area contributed by atoms with Crippen molar-refractivity contribution < 1.29 is 9.53 Å². The van der Waals surface area contributed by atoms with Crippen molar-refractivity contribution in [2.45, 2.75) is 44.2 Å². The molecule has 1 aromatic rings. The van der Waals surface area contributed by atoms with Crippen molar-refractivity contribution in [3.05, 3.63) is 35.9 Å². The predicted molar refractivity (Wildman–Crippen MR) is 68.7 cm³/mol. The van der Waals surface area contributed by atoms with Crippen LogP contribution in [-0.2, 0) is 16.1 Å². The van der Waals surface area contributed by atoms with E-state index >= 15 is 0 Å². The van der Waals surface area contributed by atoms with Gasteiger partial charge in [-0.05, 0) is 37.7 Å². The minimum Gasteiger partial charge on any atom is -0.460 e.